The molecule has 0 radical (unpaired) electrons. The van der Waals surface area contributed by atoms with Gasteiger partial charge in [-0.15, -0.1) is 12.4 Å². The topological polar surface area (TPSA) is 178 Å². The van der Waals surface area contributed by atoms with E-state index in [1.165, 1.54) is 6.07 Å². The summed E-state index contributed by atoms with van der Waals surface area (Å²) < 4.78 is 26.6. The SMILES string of the molecule is Cl.NC(=O)Nc1cccc(OP(=O)(OC2=CC=CC(NC(N)=O)C2)C2CCCN2C(=O)C2CCCN2)c1. The molecule has 4 unspecified atom stereocenters. The summed E-state index contributed by atoms with van der Waals surface area (Å²) in [5.74, 6) is -0.433. The predicted molar refractivity (Wildman–Crippen MR) is 140 cm³/mol. The van der Waals surface area contributed by atoms with E-state index in [-0.39, 0.29) is 36.5 Å². The number of nitrogens with two attached hydrogens (primary N) is 2. The van der Waals surface area contributed by atoms with Crippen LogP contribution < -0.4 is 31.9 Å². The fraction of sp³-hybridized carbons (Fsp3) is 0.435. The molecule has 1 aromatic carbocycles. The van der Waals surface area contributed by atoms with Crippen molar-refractivity contribution in [2.45, 2.75) is 50.0 Å². The Bertz CT molecular complexity index is 1120. The molecule has 12 nitrogen and oxygen atoms in total. The highest BCUT2D eigenvalue weighted by atomic mass is 35.5. The van der Waals surface area contributed by atoms with E-state index >= 15 is 0 Å². The Morgan fingerprint density at radius 3 is 2.62 bits per heavy atom. The number of primary amides is 2. The standard InChI is InChI=1S/C23H31N6O6P.ClH/c24-22(31)27-15-5-1-7-17(13-15)34-36(33,35-18-8-2-6-16(14-18)28-23(25)32)20-10-4-12-29(20)21(30)19-9-3-11-26-19;/h1-2,5-8,13,16,19-20,26H,3-4,9-12,14H2,(H3,24,27,31)(H3,25,28,32);1H. The lowest BCUT2D eigenvalue weighted by Crippen LogP contribution is -2.46. The molecule has 5 amide bonds. The van der Waals surface area contributed by atoms with Crippen LogP contribution in [0.4, 0.5) is 15.3 Å². The quantitative estimate of drug-likeness (QED) is 0.306. The highest BCUT2D eigenvalue weighted by molar-refractivity contribution is 7.55. The molecule has 0 bridgehead atoms. The average molecular weight is 555 g/mol. The summed E-state index contributed by atoms with van der Waals surface area (Å²) in [6, 6.07) is 4.05. The smallest absolute Gasteiger partial charge is 0.419 e. The van der Waals surface area contributed by atoms with Gasteiger partial charge >= 0.3 is 19.7 Å². The summed E-state index contributed by atoms with van der Waals surface area (Å²) in [6.45, 7) is 1.19. The molecule has 1 aliphatic carbocycles. The first-order valence-corrected chi connectivity index (χ1v) is 13.5. The van der Waals surface area contributed by atoms with Gasteiger partial charge < -0.3 is 41.4 Å². The zero-order valence-corrected chi connectivity index (χ0v) is 21.8. The maximum absolute atomic E-state index is 14.5. The Morgan fingerprint density at radius 2 is 1.92 bits per heavy atom. The van der Waals surface area contributed by atoms with Gasteiger partial charge in [0.1, 0.15) is 11.5 Å². The van der Waals surface area contributed by atoms with E-state index in [4.69, 9.17) is 20.5 Å². The molecule has 202 valence electrons. The van der Waals surface area contributed by atoms with Crippen LogP contribution in [0, 0.1) is 0 Å². The number of benzene rings is 1. The van der Waals surface area contributed by atoms with Crippen molar-refractivity contribution in [2.24, 2.45) is 11.5 Å². The van der Waals surface area contributed by atoms with E-state index in [1.54, 1.807) is 41.3 Å². The summed E-state index contributed by atoms with van der Waals surface area (Å²) >= 11 is 0. The molecule has 2 heterocycles. The molecule has 0 spiro atoms. The first kappa shape index (κ1) is 28.4. The molecule has 2 saturated heterocycles. The second kappa shape index (κ2) is 12.4. The third-order valence-corrected chi connectivity index (χ3v) is 8.40. The number of carbonyl (C=O) groups is 3. The Hall–Kier alpha value is -3.21. The van der Waals surface area contributed by atoms with Gasteiger partial charge in [0.2, 0.25) is 5.91 Å². The number of carbonyl (C=O) groups excluding carboxylic acids is 3. The highest BCUT2D eigenvalue weighted by Crippen LogP contribution is 2.59. The molecular formula is C23H32ClN6O6P. The summed E-state index contributed by atoms with van der Waals surface area (Å²) in [5.41, 5.74) is 10.8. The number of likely N-dealkylation sites (tertiary alicyclic amines) is 1. The van der Waals surface area contributed by atoms with Gasteiger partial charge in [0.15, 0.2) is 5.78 Å². The number of rotatable bonds is 8. The van der Waals surface area contributed by atoms with E-state index in [1.807, 2.05) is 0 Å². The number of nitrogens with zero attached hydrogens (tertiary/aromatic N) is 1. The second-order valence-electron chi connectivity index (χ2n) is 8.88. The summed E-state index contributed by atoms with van der Waals surface area (Å²) in [5, 5.41) is 8.23. The minimum atomic E-state index is -4.04. The normalized spacial score (nSPS) is 24.3. The zero-order valence-electron chi connectivity index (χ0n) is 20.1. The van der Waals surface area contributed by atoms with Crippen LogP contribution >= 0.6 is 20.0 Å². The summed E-state index contributed by atoms with van der Waals surface area (Å²) in [7, 11) is -4.04. The molecule has 3 aliphatic rings. The van der Waals surface area contributed by atoms with Crippen LogP contribution in [0.5, 0.6) is 5.75 Å². The lowest BCUT2D eigenvalue weighted by atomic mass is 10.1. The molecule has 4 rings (SSSR count). The van der Waals surface area contributed by atoms with Crippen molar-refractivity contribution in [1.82, 2.24) is 15.5 Å². The van der Waals surface area contributed by atoms with Gasteiger partial charge in [0, 0.05) is 24.7 Å². The molecule has 0 aromatic heterocycles. The van der Waals surface area contributed by atoms with Crippen LogP contribution in [0.3, 0.4) is 0 Å². The molecular weight excluding hydrogens is 523 g/mol. The van der Waals surface area contributed by atoms with Crippen molar-refractivity contribution >= 4 is 43.7 Å². The number of halogens is 1. The number of anilines is 1. The average Bonchev–Trinajstić information content (AvgIpc) is 3.51. The summed E-state index contributed by atoms with van der Waals surface area (Å²) in [6.07, 6.45) is 7.94. The van der Waals surface area contributed by atoms with E-state index < -0.39 is 31.5 Å². The monoisotopic (exact) mass is 554 g/mol. The summed E-state index contributed by atoms with van der Waals surface area (Å²) in [4.78, 5) is 37.5. The molecule has 4 atom stereocenters. The van der Waals surface area contributed by atoms with Crippen molar-refractivity contribution < 1.29 is 28.0 Å². The molecule has 37 heavy (non-hydrogen) atoms. The van der Waals surface area contributed by atoms with Crippen molar-refractivity contribution in [3.05, 3.63) is 48.3 Å². The van der Waals surface area contributed by atoms with Crippen molar-refractivity contribution in [2.75, 3.05) is 18.4 Å². The zero-order chi connectivity index (χ0) is 25.7. The van der Waals surface area contributed by atoms with Crippen molar-refractivity contribution in [3.8, 4) is 5.75 Å². The minimum Gasteiger partial charge on any atom is -0.419 e. The fourth-order valence-electron chi connectivity index (χ4n) is 4.65. The maximum atomic E-state index is 14.5. The largest absolute Gasteiger partial charge is 0.452 e. The Labute approximate surface area is 221 Å². The predicted octanol–water partition coefficient (Wildman–Crippen LogP) is 2.77. The van der Waals surface area contributed by atoms with Crippen LogP contribution in [-0.2, 0) is 13.9 Å². The van der Waals surface area contributed by atoms with Gasteiger partial charge in [-0.1, -0.05) is 18.2 Å². The first-order chi connectivity index (χ1) is 17.2. The van der Waals surface area contributed by atoms with Crippen molar-refractivity contribution in [3.63, 3.8) is 0 Å². The van der Waals surface area contributed by atoms with Gasteiger partial charge in [-0.25, -0.2) is 14.2 Å². The van der Waals surface area contributed by atoms with E-state index in [0.717, 1.165) is 13.0 Å². The van der Waals surface area contributed by atoms with Gasteiger partial charge in [-0.2, -0.15) is 0 Å². The molecule has 1 aromatic rings. The second-order valence-corrected chi connectivity index (χ2v) is 10.9. The molecule has 2 fully saturated rings. The van der Waals surface area contributed by atoms with Crippen molar-refractivity contribution in [1.29, 1.82) is 0 Å². The minimum absolute atomic E-state index is 0. The van der Waals surface area contributed by atoms with Crippen LogP contribution in [-0.4, -0.2) is 53.8 Å². The molecule has 0 saturated carbocycles. The number of nitrogens with one attached hydrogen (secondary N) is 3. The first-order valence-electron chi connectivity index (χ1n) is 11.9. The number of hydrogen-bond acceptors (Lipinski definition) is 7. The molecule has 7 N–H and O–H groups in total. The Morgan fingerprint density at radius 1 is 1.11 bits per heavy atom. The maximum Gasteiger partial charge on any atom is 0.452 e. The van der Waals surface area contributed by atoms with E-state index in [0.29, 0.717) is 37.3 Å². The Balaban J connectivity index is 0.00000380. The highest BCUT2D eigenvalue weighted by Gasteiger charge is 2.49. The van der Waals surface area contributed by atoms with Gasteiger partial charge in [-0.05, 0) is 50.4 Å². The third-order valence-electron chi connectivity index (χ3n) is 6.18. The van der Waals surface area contributed by atoms with Gasteiger partial charge in [-0.3, -0.25) is 4.79 Å². The number of urea groups is 2. The third kappa shape index (κ3) is 7.18. The molecule has 14 heteroatoms. The number of hydrogen-bond donors (Lipinski definition) is 5. The lowest BCUT2D eigenvalue weighted by molar-refractivity contribution is -0.132. The lowest BCUT2D eigenvalue weighted by Gasteiger charge is -2.33. The fourth-order valence-corrected chi connectivity index (χ4v) is 6.87. The van der Waals surface area contributed by atoms with E-state index in [9.17, 15) is 18.9 Å². The molecule has 2 aliphatic heterocycles. The van der Waals surface area contributed by atoms with Crippen LogP contribution in [0.25, 0.3) is 0 Å². The van der Waals surface area contributed by atoms with Gasteiger partial charge in [0.05, 0.1) is 12.1 Å². The van der Waals surface area contributed by atoms with Crippen LogP contribution in [0.2, 0.25) is 0 Å². The number of amides is 5. The van der Waals surface area contributed by atoms with Crippen LogP contribution in [0.1, 0.15) is 32.1 Å². The van der Waals surface area contributed by atoms with Crippen LogP contribution in [0.15, 0.2) is 48.3 Å². The number of allylic oxidation sites excluding steroid dienone is 2. The Kier molecular flexibility index (Phi) is 9.47. The van der Waals surface area contributed by atoms with Gasteiger partial charge in [0.25, 0.3) is 0 Å². The van der Waals surface area contributed by atoms with E-state index in [2.05, 4.69) is 16.0 Å².